The van der Waals surface area contributed by atoms with Crippen LogP contribution in [-0.4, -0.2) is 27.4 Å². The van der Waals surface area contributed by atoms with Crippen LogP contribution < -0.4 is 10.5 Å². The molecule has 3 aromatic rings. The summed E-state index contributed by atoms with van der Waals surface area (Å²) >= 11 is 0. The van der Waals surface area contributed by atoms with Crippen molar-refractivity contribution >= 4 is 16.7 Å². The van der Waals surface area contributed by atoms with Crippen LogP contribution >= 0.6 is 0 Å². The van der Waals surface area contributed by atoms with E-state index < -0.39 is 6.10 Å². The molecule has 0 aliphatic rings. The number of hydrogen-bond acceptors (Lipinski definition) is 4. The Bertz CT molecular complexity index is 722. The number of anilines is 1. The van der Waals surface area contributed by atoms with Crippen molar-refractivity contribution in [1.29, 1.82) is 0 Å². The summed E-state index contributed by atoms with van der Waals surface area (Å²) in [6.07, 6.45) is 1.12. The highest BCUT2D eigenvalue weighted by Gasteiger charge is 2.09. The van der Waals surface area contributed by atoms with Crippen molar-refractivity contribution < 1.29 is 9.84 Å². The summed E-state index contributed by atoms with van der Waals surface area (Å²) in [4.78, 5) is 4.30. The minimum absolute atomic E-state index is 0.219. The molecule has 0 aliphatic heterocycles. The summed E-state index contributed by atoms with van der Waals surface area (Å²) in [7, 11) is 0. The Balaban J connectivity index is 1.61. The number of rotatable bonds is 5. The van der Waals surface area contributed by atoms with Crippen molar-refractivity contribution in [2.75, 3.05) is 12.3 Å². The van der Waals surface area contributed by atoms with Gasteiger partial charge in [0.1, 0.15) is 18.5 Å². The number of fused-ring (bicyclic) bond motifs is 1. The molecule has 0 fully saturated rings. The Kier molecular flexibility index (Phi) is 3.75. The number of aromatic nitrogens is 2. The molecule has 0 amide bonds. The SMILES string of the molecule is Nc1ccc(OC[C@H](O)Cn2cnc3ccccc32)cc1. The Labute approximate surface area is 122 Å². The Morgan fingerprint density at radius 2 is 1.90 bits per heavy atom. The minimum Gasteiger partial charge on any atom is -0.491 e. The molecule has 108 valence electrons. The number of nitrogens with two attached hydrogens (primary N) is 1. The molecular formula is C16H17N3O2. The number of ether oxygens (including phenoxy) is 1. The predicted molar refractivity (Wildman–Crippen MR) is 82.1 cm³/mol. The smallest absolute Gasteiger partial charge is 0.119 e. The zero-order valence-electron chi connectivity index (χ0n) is 11.5. The largest absolute Gasteiger partial charge is 0.491 e. The number of para-hydroxylation sites is 2. The summed E-state index contributed by atoms with van der Waals surface area (Å²) in [6, 6.07) is 14.9. The van der Waals surface area contributed by atoms with Crippen LogP contribution in [0.1, 0.15) is 0 Å². The summed E-state index contributed by atoms with van der Waals surface area (Å²) in [5, 5.41) is 10.1. The highest BCUT2D eigenvalue weighted by Crippen LogP contribution is 2.15. The van der Waals surface area contributed by atoms with Gasteiger partial charge in [0.05, 0.1) is 23.9 Å². The van der Waals surface area contributed by atoms with Crippen LogP contribution in [0.4, 0.5) is 5.69 Å². The molecule has 0 spiro atoms. The van der Waals surface area contributed by atoms with Crippen LogP contribution in [0.3, 0.4) is 0 Å². The molecular weight excluding hydrogens is 266 g/mol. The topological polar surface area (TPSA) is 73.3 Å². The third kappa shape index (κ3) is 3.14. The monoisotopic (exact) mass is 283 g/mol. The van der Waals surface area contributed by atoms with Gasteiger partial charge in [0.15, 0.2) is 0 Å². The second kappa shape index (κ2) is 5.85. The van der Waals surface area contributed by atoms with Gasteiger partial charge in [-0.25, -0.2) is 4.98 Å². The van der Waals surface area contributed by atoms with E-state index in [4.69, 9.17) is 10.5 Å². The van der Waals surface area contributed by atoms with E-state index in [-0.39, 0.29) is 6.61 Å². The van der Waals surface area contributed by atoms with Crippen LogP contribution in [0.25, 0.3) is 11.0 Å². The first-order chi connectivity index (χ1) is 10.2. The second-order valence-electron chi connectivity index (χ2n) is 4.92. The van der Waals surface area contributed by atoms with E-state index in [0.717, 1.165) is 11.0 Å². The molecule has 3 N–H and O–H groups in total. The van der Waals surface area contributed by atoms with Gasteiger partial charge in [0.2, 0.25) is 0 Å². The van der Waals surface area contributed by atoms with Crippen molar-refractivity contribution in [2.45, 2.75) is 12.6 Å². The van der Waals surface area contributed by atoms with Crippen molar-refractivity contribution in [2.24, 2.45) is 0 Å². The molecule has 5 nitrogen and oxygen atoms in total. The van der Waals surface area contributed by atoms with E-state index in [1.807, 2.05) is 28.8 Å². The van der Waals surface area contributed by atoms with Gasteiger partial charge >= 0.3 is 0 Å². The highest BCUT2D eigenvalue weighted by atomic mass is 16.5. The van der Waals surface area contributed by atoms with Crippen molar-refractivity contribution in [3.8, 4) is 5.75 Å². The van der Waals surface area contributed by atoms with Crippen LogP contribution in [0.5, 0.6) is 5.75 Å². The lowest BCUT2D eigenvalue weighted by atomic mass is 10.3. The zero-order chi connectivity index (χ0) is 14.7. The van der Waals surface area contributed by atoms with Gasteiger partial charge in [-0.15, -0.1) is 0 Å². The fourth-order valence-corrected chi connectivity index (χ4v) is 2.19. The van der Waals surface area contributed by atoms with Gasteiger partial charge in [-0.3, -0.25) is 0 Å². The fourth-order valence-electron chi connectivity index (χ4n) is 2.19. The lowest BCUT2D eigenvalue weighted by Crippen LogP contribution is -2.23. The quantitative estimate of drug-likeness (QED) is 0.703. The average molecular weight is 283 g/mol. The van der Waals surface area contributed by atoms with E-state index in [1.165, 1.54) is 0 Å². The number of nitrogens with zero attached hydrogens (tertiary/aromatic N) is 2. The van der Waals surface area contributed by atoms with Gasteiger partial charge in [-0.05, 0) is 36.4 Å². The number of aliphatic hydroxyl groups excluding tert-OH is 1. The standard InChI is InChI=1S/C16H17N3O2/c17-12-5-7-14(8-6-12)21-10-13(20)9-19-11-18-15-3-1-2-4-16(15)19/h1-8,11,13,20H,9-10,17H2/t13-/m1/s1. The number of hydrogen-bond donors (Lipinski definition) is 2. The summed E-state index contributed by atoms with van der Waals surface area (Å²) in [5.74, 6) is 0.693. The van der Waals surface area contributed by atoms with Crippen molar-refractivity contribution in [3.05, 3.63) is 54.9 Å². The van der Waals surface area contributed by atoms with Gasteiger partial charge in [-0.1, -0.05) is 12.1 Å². The maximum atomic E-state index is 10.1. The molecule has 0 unspecified atom stereocenters. The summed E-state index contributed by atoms with van der Waals surface area (Å²) < 4.78 is 7.47. The highest BCUT2D eigenvalue weighted by molar-refractivity contribution is 5.74. The molecule has 5 heteroatoms. The lowest BCUT2D eigenvalue weighted by Gasteiger charge is -2.13. The number of imidazole rings is 1. The summed E-state index contributed by atoms with van der Waals surface area (Å²) in [6.45, 7) is 0.659. The summed E-state index contributed by atoms with van der Waals surface area (Å²) in [5.41, 5.74) is 8.22. The Morgan fingerprint density at radius 3 is 2.71 bits per heavy atom. The maximum absolute atomic E-state index is 10.1. The molecule has 1 aromatic heterocycles. The number of benzene rings is 2. The Hall–Kier alpha value is -2.53. The van der Waals surface area contributed by atoms with Crippen molar-refractivity contribution in [1.82, 2.24) is 9.55 Å². The lowest BCUT2D eigenvalue weighted by molar-refractivity contribution is 0.0934. The van der Waals surface area contributed by atoms with E-state index in [0.29, 0.717) is 18.0 Å². The average Bonchev–Trinajstić information content (AvgIpc) is 2.90. The molecule has 0 bridgehead atoms. The van der Waals surface area contributed by atoms with E-state index in [9.17, 15) is 5.11 Å². The number of nitrogen functional groups attached to an aromatic ring is 1. The molecule has 3 rings (SSSR count). The predicted octanol–water partition coefficient (Wildman–Crippen LogP) is 2.06. The first kappa shape index (κ1) is 13.5. The number of aliphatic hydroxyl groups is 1. The maximum Gasteiger partial charge on any atom is 0.119 e. The van der Waals surface area contributed by atoms with Gasteiger partial charge in [-0.2, -0.15) is 0 Å². The second-order valence-corrected chi connectivity index (χ2v) is 4.92. The molecule has 0 saturated carbocycles. The van der Waals surface area contributed by atoms with Gasteiger partial charge in [0.25, 0.3) is 0 Å². The molecule has 0 radical (unpaired) electrons. The van der Waals surface area contributed by atoms with Gasteiger partial charge in [0, 0.05) is 5.69 Å². The van der Waals surface area contributed by atoms with E-state index >= 15 is 0 Å². The van der Waals surface area contributed by atoms with Crippen LogP contribution in [0.2, 0.25) is 0 Å². The van der Waals surface area contributed by atoms with Crippen LogP contribution in [0, 0.1) is 0 Å². The molecule has 21 heavy (non-hydrogen) atoms. The molecule has 1 atom stereocenters. The molecule has 0 aliphatic carbocycles. The minimum atomic E-state index is -0.611. The third-order valence-corrected chi connectivity index (χ3v) is 3.26. The molecule has 2 aromatic carbocycles. The first-order valence-electron chi connectivity index (χ1n) is 6.78. The van der Waals surface area contributed by atoms with E-state index in [2.05, 4.69) is 4.98 Å². The third-order valence-electron chi connectivity index (χ3n) is 3.26. The van der Waals surface area contributed by atoms with Gasteiger partial charge < -0.3 is 20.1 Å². The first-order valence-corrected chi connectivity index (χ1v) is 6.78. The fraction of sp³-hybridized carbons (Fsp3) is 0.188. The zero-order valence-corrected chi connectivity index (χ0v) is 11.5. The van der Waals surface area contributed by atoms with Crippen molar-refractivity contribution in [3.63, 3.8) is 0 Å². The molecule has 1 heterocycles. The normalized spacial score (nSPS) is 12.4. The Morgan fingerprint density at radius 1 is 1.14 bits per heavy atom. The molecule has 0 saturated heterocycles. The van der Waals surface area contributed by atoms with Crippen LogP contribution in [0.15, 0.2) is 54.9 Å². The van der Waals surface area contributed by atoms with Crippen LogP contribution in [-0.2, 0) is 6.54 Å². The van der Waals surface area contributed by atoms with E-state index in [1.54, 1.807) is 30.6 Å².